The molecule has 10 heteroatoms. The first-order valence-corrected chi connectivity index (χ1v) is 5.54. The second kappa shape index (κ2) is 4.88. The molecule has 0 unspecified atom stereocenters. The monoisotopic (exact) mass is 290 g/mol. The Kier molecular flexibility index (Phi) is 3.42. The average molecular weight is 290 g/mol. The van der Waals surface area contributed by atoms with Gasteiger partial charge in [0.1, 0.15) is 17.0 Å². The summed E-state index contributed by atoms with van der Waals surface area (Å²) >= 11 is 0.658. The molecule has 2 aromatic rings. The molecule has 0 aliphatic heterocycles. The van der Waals surface area contributed by atoms with Gasteiger partial charge < -0.3 is 5.11 Å². The van der Waals surface area contributed by atoms with Crippen molar-refractivity contribution in [3.05, 3.63) is 29.7 Å². The minimum absolute atomic E-state index is 0.148. The van der Waals surface area contributed by atoms with Crippen LogP contribution >= 0.6 is 11.8 Å². The minimum atomic E-state index is -4.65. The smallest absolute Gasteiger partial charge is 0.433 e. The van der Waals surface area contributed by atoms with Crippen LogP contribution in [-0.2, 0) is 6.18 Å². The van der Waals surface area contributed by atoms with E-state index in [1.165, 1.54) is 0 Å². The van der Waals surface area contributed by atoms with Crippen molar-refractivity contribution in [2.75, 3.05) is 0 Å². The number of H-pyrrole nitrogens is 1. The molecular formula is C9H5F3N4O2S. The van der Waals surface area contributed by atoms with Crippen LogP contribution in [0.1, 0.15) is 16.1 Å². The van der Waals surface area contributed by atoms with Gasteiger partial charge in [-0.3, -0.25) is 5.10 Å². The van der Waals surface area contributed by atoms with Gasteiger partial charge in [0.05, 0.1) is 5.56 Å². The van der Waals surface area contributed by atoms with Gasteiger partial charge >= 0.3 is 12.1 Å². The Morgan fingerprint density at radius 3 is 2.63 bits per heavy atom. The number of alkyl halides is 3. The van der Waals surface area contributed by atoms with Crippen molar-refractivity contribution in [1.82, 2.24) is 20.2 Å². The molecule has 0 bridgehead atoms. The van der Waals surface area contributed by atoms with Crippen molar-refractivity contribution < 1.29 is 23.1 Å². The Labute approximate surface area is 108 Å². The molecule has 2 N–H and O–H groups in total. The van der Waals surface area contributed by atoms with E-state index in [1.807, 2.05) is 0 Å². The number of nitrogens with zero attached hydrogens (tertiary/aromatic N) is 3. The van der Waals surface area contributed by atoms with Crippen molar-refractivity contribution in [2.45, 2.75) is 16.4 Å². The summed E-state index contributed by atoms with van der Waals surface area (Å²) in [6.45, 7) is 0. The van der Waals surface area contributed by atoms with Gasteiger partial charge in [0.15, 0.2) is 5.16 Å². The maximum atomic E-state index is 12.5. The quantitative estimate of drug-likeness (QED) is 0.899. The Morgan fingerprint density at radius 1 is 1.37 bits per heavy atom. The van der Waals surface area contributed by atoms with Gasteiger partial charge in [-0.1, -0.05) is 0 Å². The number of aromatic amines is 1. The lowest BCUT2D eigenvalue weighted by molar-refractivity contribution is -0.141. The fourth-order valence-electron chi connectivity index (χ4n) is 1.17. The van der Waals surface area contributed by atoms with Crippen LogP contribution in [0.25, 0.3) is 0 Å². The maximum absolute atomic E-state index is 12.5. The Balaban J connectivity index is 2.45. The number of rotatable bonds is 3. The molecule has 0 atom stereocenters. The van der Waals surface area contributed by atoms with Gasteiger partial charge in [-0.25, -0.2) is 14.8 Å². The fraction of sp³-hybridized carbons (Fsp3) is 0.111. The Bertz CT molecular complexity index is 600. The van der Waals surface area contributed by atoms with Gasteiger partial charge in [0.2, 0.25) is 0 Å². The van der Waals surface area contributed by atoms with Gasteiger partial charge in [0, 0.05) is 0 Å². The summed E-state index contributed by atoms with van der Waals surface area (Å²) in [5.74, 6) is -1.37. The third-order valence-corrected chi connectivity index (χ3v) is 2.86. The summed E-state index contributed by atoms with van der Waals surface area (Å²) in [7, 11) is 0. The van der Waals surface area contributed by atoms with E-state index in [2.05, 4.69) is 20.2 Å². The molecule has 0 aromatic carbocycles. The van der Waals surface area contributed by atoms with Crippen molar-refractivity contribution in [3.8, 4) is 0 Å². The molecular weight excluding hydrogens is 285 g/mol. The van der Waals surface area contributed by atoms with Crippen LogP contribution < -0.4 is 0 Å². The number of aromatic nitrogens is 4. The molecule has 0 aliphatic carbocycles. The number of halogens is 3. The molecule has 2 rings (SSSR count). The molecule has 0 aliphatic rings. The number of carbonyl (C=O) groups is 1. The maximum Gasteiger partial charge on any atom is 0.433 e. The van der Waals surface area contributed by atoms with Crippen LogP contribution in [0.2, 0.25) is 0 Å². The predicted molar refractivity (Wildman–Crippen MR) is 56.7 cm³/mol. The summed E-state index contributed by atoms with van der Waals surface area (Å²) in [5, 5.41) is 14.7. The van der Waals surface area contributed by atoms with Crippen molar-refractivity contribution in [1.29, 1.82) is 0 Å². The van der Waals surface area contributed by atoms with Crippen LogP contribution in [0.5, 0.6) is 0 Å². The lowest BCUT2D eigenvalue weighted by Crippen LogP contribution is -2.11. The zero-order valence-electron chi connectivity index (χ0n) is 8.97. The average Bonchev–Trinajstić information content (AvgIpc) is 2.80. The van der Waals surface area contributed by atoms with Crippen molar-refractivity contribution in [2.24, 2.45) is 0 Å². The molecule has 0 fully saturated rings. The van der Waals surface area contributed by atoms with E-state index in [-0.39, 0.29) is 15.7 Å². The van der Waals surface area contributed by atoms with E-state index in [0.717, 1.165) is 12.4 Å². The summed E-state index contributed by atoms with van der Waals surface area (Å²) in [5.41, 5.74) is -1.51. The minimum Gasteiger partial charge on any atom is -0.478 e. The molecule has 0 saturated carbocycles. The largest absolute Gasteiger partial charge is 0.478 e. The van der Waals surface area contributed by atoms with Crippen LogP contribution in [-0.4, -0.2) is 31.2 Å². The zero-order valence-corrected chi connectivity index (χ0v) is 9.79. The van der Waals surface area contributed by atoms with Gasteiger partial charge in [-0.05, 0) is 23.9 Å². The Hall–Kier alpha value is -2.10. The van der Waals surface area contributed by atoms with E-state index in [4.69, 9.17) is 5.11 Å². The van der Waals surface area contributed by atoms with Crippen LogP contribution in [0, 0.1) is 0 Å². The zero-order chi connectivity index (χ0) is 14.0. The molecule has 19 heavy (non-hydrogen) atoms. The normalized spacial score (nSPS) is 11.5. The number of nitrogens with one attached hydrogen (secondary N) is 1. The standard InChI is InChI=1S/C9H5F3N4O2S/c10-9(11,12)5-2-1-4(7(17)18)6(15-5)19-8-13-3-14-16-8/h1-3H,(H,17,18)(H,13,14,16). The Morgan fingerprint density at radius 2 is 2.11 bits per heavy atom. The van der Waals surface area contributed by atoms with E-state index >= 15 is 0 Å². The van der Waals surface area contributed by atoms with E-state index in [0.29, 0.717) is 17.8 Å². The highest BCUT2D eigenvalue weighted by Crippen LogP contribution is 2.32. The third kappa shape index (κ3) is 3.02. The summed E-state index contributed by atoms with van der Waals surface area (Å²) in [6.07, 6.45) is -3.50. The SMILES string of the molecule is O=C(O)c1ccc(C(F)(F)F)nc1Sc1ncn[nH]1. The van der Waals surface area contributed by atoms with Gasteiger partial charge in [-0.15, -0.1) is 0 Å². The third-order valence-electron chi connectivity index (χ3n) is 1.97. The number of hydrogen-bond donors (Lipinski definition) is 2. The topological polar surface area (TPSA) is 91.8 Å². The van der Waals surface area contributed by atoms with Crippen LogP contribution in [0.4, 0.5) is 13.2 Å². The number of aromatic carboxylic acids is 1. The molecule has 0 spiro atoms. The second-order valence-electron chi connectivity index (χ2n) is 3.24. The summed E-state index contributed by atoms with van der Waals surface area (Å²) in [4.78, 5) is 17.9. The fourth-order valence-corrected chi connectivity index (χ4v) is 1.96. The van der Waals surface area contributed by atoms with Crippen LogP contribution in [0.3, 0.4) is 0 Å². The van der Waals surface area contributed by atoms with Gasteiger partial charge in [0.25, 0.3) is 0 Å². The molecule has 0 amide bonds. The number of carboxylic acid groups (broad SMARTS) is 1. The lowest BCUT2D eigenvalue weighted by Gasteiger charge is -2.08. The highest BCUT2D eigenvalue weighted by atomic mass is 32.2. The number of carboxylic acids is 1. The highest BCUT2D eigenvalue weighted by molar-refractivity contribution is 7.99. The highest BCUT2D eigenvalue weighted by Gasteiger charge is 2.33. The first-order chi connectivity index (χ1) is 8.88. The van der Waals surface area contributed by atoms with E-state index < -0.39 is 17.8 Å². The number of pyridine rings is 1. The molecule has 6 nitrogen and oxygen atoms in total. The van der Waals surface area contributed by atoms with Crippen molar-refractivity contribution >= 4 is 17.7 Å². The van der Waals surface area contributed by atoms with E-state index in [1.54, 1.807) is 0 Å². The number of hydrogen-bond acceptors (Lipinski definition) is 5. The van der Waals surface area contributed by atoms with E-state index in [9.17, 15) is 18.0 Å². The predicted octanol–water partition coefficient (Wildman–Crippen LogP) is 2.07. The second-order valence-corrected chi connectivity index (χ2v) is 4.22. The molecule has 100 valence electrons. The first kappa shape index (κ1) is 13.3. The lowest BCUT2D eigenvalue weighted by atomic mass is 10.2. The molecule has 2 aromatic heterocycles. The van der Waals surface area contributed by atoms with Crippen LogP contribution in [0.15, 0.2) is 28.6 Å². The molecule has 0 saturated heterocycles. The van der Waals surface area contributed by atoms with Crippen molar-refractivity contribution in [3.63, 3.8) is 0 Å². The van der Waals surface area contributed by atoms with Gasteiger partial charge in [-0.2, -0.15) is 18.3 Å². The summed E-state index contributed by atoms with van der Waals surface area (Å²) in [6, 6.07) is 1.48. The molecule has 0 radical (unpaired) electrons. The molecule has 2 heterocycles. The summed E-state index contributed by atoms with van der Waals surface area (Å²) < 4.78 is 37.6. The first-order valence-electron chi connectivity index (χ1n) is 4.72.